The molecule has 2 aromatic rings. The lowest BCUT2D eigenvalue weighted by molar-refractivity contribution is -0.119. The Hall–Kier alpha value is -3.66. The highest BCUT2D eigenvalue weighted by molar-refractivity contribution is 6.00. The minimum absolute atomic E-state index is 0.144. The molecule has 2 amide bonds. The molecule has 6 nitrogen and oxygen atoms in total. The number of benzene rings is 2. The van der Waals surface area contributed by atoms with Crippen molar-refractivity contribution < 1.29 is 23.5 Å². The molecular formula is C23H19FN2O4. The van der Waals surface area contributed by atoms with Gasteiger partial charge >= 0.3 is 6.09 Å². The number of hydrogen-bond donors (Lipinski definition) is 1. The number of halogens is 1. The molecule has 0 aromatic heterocycles. The van der Waals surface area contributed by atoms with Gasteiger partial charge in [0, 0.05) is 24.5 Å². The number of cyclic esters (lactones) is 1. The van der Waals surface area contributed by atoms with Crippen LogP contribution in [0.3, 0.4) is 0 Å². The SMILES string of the molecule is CC(=O)NC[C@H]1CN(c2ccc(C#Cc3ccc4c(c3)CCC4=O)c(F)c2)C(=O)O1. The lowest BCUT2D eigenvalue weighted by Crippen LogP contribution is -2.33. The standard InChI is InChI=1S/C23H19FN2O4/c1-14(27)25-12-19-13-26(23(29)30-19)18-7-5-16(21(24)11-18)4-2-15-3-8-20-17(10-15)6-9-22(20)28/h3,5,7-8,10-11,19H,6,9,12-13H2,1H3,(H,25,27)/t19-/m0/s1. The third-order valence-corrected chi connectivity index (χ3v) is 5.09. The quantitative estimate of drug-likeness (QED) is 0.796. The van der Waals surface area contributed by atoms with Gasteiger partial charge in [-0.3, -0.25) is 14.5 Å². The summed E-state index contributed by atoms with van der Waals surface area (Å²) in [4.78, 5) is 36.1. The molecule has 0 radical (unpaired) electrons. The van der Waals surface area contributed by atoms with Crippen molar-refractivity contribution in [2.75, 3.05) is 18.0 Å². The summed E-state index contributed by atoms with van der Waals surface area (Å²) in [5.74, 6) is 5.12. The van der Waals surface area contributed by atoms with Crippen LogP contribution in [0.1, 0.15) is 40.4 Å². The number of ether oxygens (including phenoxy) is 1. The number of ketones is 1. The van der Waals surface area contributed by atoms with Crippen molar-refractivity contribution >= 4 is 23.5 Å². The molecule has 2 aromatic carbocycles. The molecule has 4 rings (SSSR count). The van der Waals surface area contributed by atoms with Crippen molar-refractivity contribution in [3.05, 3.63) is 64.5 Å². The van der Waals surface area contributed by atoms with E-state index in [1.165, 1.54) is 24.0 Å². The summed E-state index contributed by atoms with van der Waals surface area (Å²) < 4.78 is 19.8. The molecule has 1 N–H and O–H groups in total. The molecule has 7 heteroatoms. The highest BCUT2D eigenvalue weighted by Gasteiger charge is 2.32. The minimum Gasteiger partial charge on any atom is -0.442 e. The summed E-state index contributed by atoms with van der Waals surface area (Å²) in [7, 11) is 0. The van der Waals surface area contributed by atoms with Crippen molar-refractivity contribution in [1.82, 2.24) is 5.32 Å². The van der Waals surface area contributed by atoms with Crippen molar-refractivity contribution in [1.29, 1.82) is 0 Å². The highest BCUT2D eigenvalue weighted by Crippen LogP contribution is 2.25. The Bertz CT molecular complexity index is 1120. The average Bonchev–Trinajstić information content (AvgIpc) is 3.27. The van der Waals surface area contributed by atoms with E-state index in [4.69, 9.17) is 4.74 Å². The third-order valence-electron chi connectivity index (χ3n) is 5.09. The third kappa shape index (κ3) is 4.03. The van der Waals surface area contributed by atoms with Gasteiger partial charge in [0.1, 0.15) is 11.9 Å². The van der Waals surface area contributed by atoms with Crippen LogP contribution in [0.25, 0.3) is 0 Å². The maximum absolute atomic E-state index is 14.6. The fourth-order valence-electron chi connectivity index (χ4n) is 3.54. The van der Waals surface area contributed by atoms with Crippen LogP contribution < -0.4 is 10.2 Å². The zero-order valence-corrected chi connectivity index (χ0v) is 16.3. The van der Waals surface area contributed by atoms with Crippen LogP contribution in [0.15, 0.2) is 36.4 Å². The lowest BCUT2D eigenvalue weighted by atomic mass is 10.1. The first-order chi connectivity index (χ1) is 14.4. The van der Waals surface area contributed by atoms with E-state index in [1.807, 2.05) is 6.07 Å². The molecule has 1 atom stereocenters. The van der Waals surface area contributed by atoms with Gasteiger partial charge in [0.05, 0.1) is 24.3 Å². The number of aryl methyl sites for hydroxylation is 1. The number of hydrogen-bond acceptors (Lipinski definition) is 4. The summed E-state index contributed by atoms with van der Waals surface area (Å²) in [5.41, 5.74) is 3.01. The average molecular weight is 406 g/mol. The van der Waals surface area contributed by atoms with Crippen LogP contribution in [0, 0.1) is 17.7 Å². The molecule has 0 spiro atoms. The smallest absolute Gasteiger partial charge is 0.414 e. The van der Waals surface area contributed by atoms with E-state index in [9.17, 15) is 18.8 Å². The number of carbonyl (C=O) groups excluding carboxylic acids is 3. The topological polar surface area (TPSA) is 75.7 Å². The normalized spacial score (nSPS) is 17.3. The molecule has 1 heterocycles. The van der Waals surface area contributed by atoms with Crippen LogP contribution in [-0.4, -0.2) is 37.0 Å². The van der Waals surface area contributed by atoms with Crippen LogP contribution in [0.2, 0.25) is 0 Å². The molecule has 2 aliphatic rings. The van der Waals surface area contributed by atoms with E-state index < -0.39 is 18.0 Å². The maximum Gasteiger partial charge on any atom is 0.414 e. The van der Waals surface area contributed by atoms with Crippen LogP contribution in [0.5, 0.6) is 0 Å². The zero-order chi connectivity index (χ0) is 21.3. The second-order valence-corrected chi connectivity index (χ2v) is 7.26. The number of anilines is 1. The maximum atomic E-state index is 14.6. The molecule has 1 saturated heterocycles. The van der Waals surface area contributed by atoms with Gasteiger partial charge in [0.2, 0.25) is 5.91 Å². The Morgan fingerprint density at radius 2 is 2.03 bits per heavy atom. The first-order valence-electron chi connectivity index (χ1n) is 9.61. The monoisotopic (exact) mass is 406 g/mol. The van der Waals surface area contributed by atoms with Crippen molar-refractivity contribution in [2.24, 2.45) is 0 Å². The summed E-state index contributed by atoms with van der Waals surface area (Å²) in [6, 6.07) is 9.77. The van der Waals surface area contributed by atoms with Gasteiger partial charge < -0.3 is 10.1 Å². The molecular weight excluding hydrogens is 387 g/mol. The molecule has 1 fully saturated rings. The summed E-state index contributed by atoms with van der Waals surface area (Å²) in [6.45, 7) is 1.80. The number of nitrogens with zero attached hydrogens (tertiary/aromatic N) is 1. The fraction of sp³-hybridized carbons (Fsp3) is 0.261. The number of rotatable bonds is 3. The fourth-order valence-corrected chi connectivity index (χ4v) is 3.54. The number of Topliss-reactive ketones (excluding diaryl/α,β-unsaturated/α-hetero) is 1. The van der Waals surface area contributed by atoms with E-state index in [0.29, 0.717) is 18.5 Å². The first-order valence-corrected chi connectivity index (χ1v) is 9.61. The summed E-state index contributed by atoms with van der Waals surface area (Å²) >= 11 is 0. The van der Waals surface area contributed by atoms with E-state index in [2.05, 4.69) is 17.2 Å². The predicted octanol–water partition coefficient (Wildman–Crippen LogP) is 2.82. The van der Waals surface area contributed by atoms with Crippen molar-refractivity contribution in [2.45, 2.75) is 25.9 Å². The van der Waals surface area contributed by atoms with Crippen molar-refractivity contribution in [3.8, 4) is 11.8 Å². The van der Waals surface area contributed by atoms with Gasteiger partial charge in [-0.15, -0.1) is 0 Å². The lowest BCUT2D eigenvalue weighted by Gasteiger charge is -2.13. The minimum atomic E-state index is -0.587. The van der Waals surface area contributed by atoms with Crippen LogP contribution in [0.4, 0.5) is 14.9 Å². The largest absolute Gasteiger partial charge is 0.442 e. The van der Waals surface area contributed by atoms with Gasteiger partial charge in [-0.2, -0.15) is 0 Å². The van der Waals surface area contributed by atoms with E-state index in [1.54, 1.807) is 18.2 Å². The van der Waals surface area contributed by atoms with Gasteiger partial charge in [-0.1, -0.05) is 11.8 Å². The molecule has 0 saturated carbocycles. The Morgan fingerprint density at radius 3 is 2.80 bits per heavy atom. The Labute approximate surface area is 173 Å². The molecule has 1 aliphatic carbocycles. The Balaban J connectivity index is 1.48. The van der Waals surface area contributed by atoms with Gasteiger partial charge in [-0.05, 0) is 48.4 Å². The molecule has 30 heavy (non-hydrogen) atoms. The second kappa shape index (κ2) is 7.99. The van der Waals surface area contributed by atoms with Gasteiger partial charge in [0.25, 0.3) is 0 Å². The first kappa shape index (κ1) is 19.6. The number of amides is 2. The van der Waals surface area contributed by atoms with E-state index in [0.717, 1.165) is 16.7 Å². The number of carbonyl (C=O) groups is 3. The number of nitrogens with one attached hydrogen (secondary N) is 1. The van der Waals surface area contributed by atoms with Gasteiger partial charge in [0.15, 0.2) is 5.78 Å². The van der Waals surface area contributed by atoms with Crippen LogP contribution in [-0.2, 0) is 16.0 Å². The molecule has 0 bridgehead atoms. The Kier molecular flexibility index (Phi) is 5.23. The second-order valence-electron chi connectivity index (χ2n) is 7.26. The van der Waals surface area contributed by atoms with E-state index in [-0.39, 0.29) is 30.3 Å². The summed E-state index contributed by atoms with van der Waals surface area (Å²) in [5, 5.41) is 2.60. The van der Waals surface area contributed by atoms with E-state index >= 15 is 0 Å². The Morgan fingerprint density at radius 1 is 1.20 bits per heavy atom. The van der Waals surface area contributed by atoms with Crippen molar-refractivity contribution in [3.63, 3.8) is 0 Å². The van der Waals surface area contributed by atoms with Gasteiger partial charge in [-0.25, -0.2) is 9.18 Å². The van der Waals surface area contributed by atoms with Crippen LogP contribution >= 0.6 is 0 Å². The summed E-state index contributed by atoms with van der Waals surface area (Å²) in [6.07, 6.45) is 0.154. The molecule has 152 valence electrons. The predicted molar refractivity (Wildman–Crippen MR) is 108 cm³/mol. The molecule has 1 aliphatic heterocycles. The number of fused-ring (bicyclic) bond motifs is 1. The zero-order valence-electron chi connectivity index (χ0n) is 16.3. The highest BCUT2D eigenvalue weighted by atomic mass is 19.1. The molecule has 0 unspecified atom stereocenters.